The fourth-order valence-electron chi connectivity index (χ4n) is 1.24. The maximum absolute atomic E-state index is 9.21. The van der Waals surface area contributed by atoms with Gasteiger partial charge in [0.05, 0.1) is 5.02 Å². The molecule has 0 saturated carbocycles. The lowest BCUT2D eigenvalue weighted by atomic mass is 10.1. The maximum Gasteiger partial charge on any atom is 0.134 e. The summed E-state index contributed by atoms with van der Waals surface area (Å²) in [6.45, 7) is 4.14. The number of nitrogens with one attached hydrogen (secondary N) is 1. The fraction of sp³-hybridized carbons (Fsp3) is 0.455. The average Bonchev–Trinajstić information content (AvgIpc) is 2.18. The maximum atomic E-state index is 9.21. The lowest BCUT2D eigenvalue weighted by molar-refractivity contribution is 0.475. The molecule has 78 valence electrons. The van der Waals surface area contributed by atoms with Crippen molar-refractivity contribution >= 4 is 11.6 Å². The molecule has 0 bridgehead atoms. The van der Waals surface area contributed by atoms with Gasteiger partial charge < -0.3 is 10.4 Å². The molecule has 0 aliphatic rings. The summed E-state index contributed by atoms with van der Waals surface area (Å²) >= 11 is 5.78. The van der Waals surface area contributed by atoms with Gasteiger partial charge in [-0.1, -0.05) is 24.6 Å². The van der Waals surface area contributed by atoms with E-state index in [1.165, 1.54) is 0 Å². The number of hydrogen-bond acceptors (Lipinski definition) is 2. The summed E-state index contributed by atoms with van der Waals surface area (Å²) in [6.07, 6.45) is 2.09. The second-order valence-corrected chi connectivity index (χ2v) is 3.69. The highest BCUT2D eigenvalue weighted by atomic mass is 35.5. The standard InChI is InChI=1S/C11H16ClNO/c1-2-6-13-7-5-9-3-4-11(14)10(12)8-9/h3-4,8,13-14H,2,5-7H2,1H3. The van der Waals surface area contributed by atoms with Gasteiger partial charge in [0, 0.05) is 0 Å². The van der Waals surface area contributed by atoms with Crippen molar-refractivity contribution in [3.05, 3.63) is 28.8 Å². The van der Waals surface area contributed by atoms with E-state index in [1.54, 1.807) is 6.07 Å². The molecule has 0 aliphatic heterocycles. The monoisotopic (exact) mass is 213 g/mol. The summed E-state index contributed by atoms with van der Waals surface area (Å²) in [5.41, 5.74) is 1.15. The molecule has 0 spiro atoms. The molecular formula is C11H16ClNO. The van der Waals surface area contributed by atoms with Crippen molar-refractivity contribution in [1.82, 2.24) is 5.32 Å². The topological polar surface area (TPSA) is 32.3 Å². The van der Waals surface area contributed by atoms with E-state index in [9.17, 15) is 5.11 Å². The first kappa shape index (κ1) is 11.3. The molecule has 0 aromatic heterocycles. The van der Waals surface area contributed by atoms with Crippen LogP contribution in [0.2, 0.25) is 5.02 Å². The van der Waals surface area contributed by atoms with Gasteiger partial charge in [-0.05, 0) is 43.6 Å². The minimum absolute atomic E-state index is 0.150. The van der Waals surface area contributed by atoms with Crippen molar-refractivity contribution in [2.75, 3.05) is 13.1 Å². The second kappa shape index (κ2) is 5.89. The van der Waals surface area contributed by atoms with Crippen LogP contribution >= 0.6 is 11.6 Å². The van der Waals surface area contributed by atoms with Crippen LogP contribution in [0.4, 0.5) is 0 Å². The molecule has 1 aromatic rings. The molecule has 2 nitrogen and oxygen atoms in total. The third-order valence-electron chi connectivity index (χ3n) is 2.03. The number of aromatic hydroxyl groups is 1. The van der Waals surface area contributed by atoms with Gasteiger partial charge in [0.2, 0.25) is 0 Å². The SMILES string of the molecule is CCCNCCc1ccc(O)c(Cl)c1. The van der Waals surface area contributed by atoms with Crippen LogP contribution in [0.3, 0.4) is 0 Å². The van der Waals surface area contributed by atoms with Crippen LogP contribution in [-0.2, 0) is 6.42 Å². The molecular weight excluding hydrogens is 198 g/mol. The zero-order valence-electron chi connectivity index (χ0n) is 8.39. The van der Waals surface area contributed by atoms with E-state index < -0.39 is 0 Å². The Morgan fingerprint density at radius 2 is 2.14 bits per heavy atom. The van der Waals surface area contributed by atoms with Gasteiger partial charge in [0.1, 0.15) is 5.75 Å². The minimum Gasteiger partial charge on any atom is -0.506 e. The zero-order chi connectivity index (χ0) is 10.4. The van der Waals surface area contributed by atoms with E-state index in [0.29, 0.717) is 5.02 Å². The average molecular weight is 214 g/mol. The smallest absolute Gasteiger partial charge is 0.134 e. The van der Waals surface area contributed by atoms with Crippen LogP contribution < -0.4 is 5.32 Å². The first-order chi connectivity index (χ1) is 6.74. The molecule has 1 rings (SSSR count). The van der Waals surface area contributed by atoms with Crippen molar-refractivity contribution in [3.8, 4) is 5.75 Å². The molecule has 0 unspecified atom stereocenters. The molecule has 0 fully saturated rings. The first-order valence-electron chi connectivity index (χ1n) is 4.92. The lowest BCUT2D eigenvalue weighted by Crippen LogP contribution is -2.17. The molecule has 0 heterocycles. The van der Waals surface area contributed by atoms with Crippen LogP contribution in [0.1, 0.15) is 18.9 Å². The van der Waals surface area contributed by atoms with E-state index >= 15 is 0 Å². The molecule has 0 aliphatic carbocycles. The second-order valence-electron chi connectivity index (χ2n) is 3.29. The highest BCUT2D eigenvalue weighted by Gasteiger charge is 1.99. The number of benzene rings is 1. The van der Waals surface area contributed by atoms with Crippen molar-refractivity contribution < 1.29 is 5.11 Å². The van der Waals surface area contributed by atoms with Crippen LogP contribution in [0.15, 0.2) is 18.2 Å². The fourth-order valence-corrected chi connectivity index (χ4v) is 1.44. The van der Waals surface area contributed by atoms with E-state index in [-0.39, 0.29) is 5.75 Å². The van der Waals surface area contributed by atoms with Crippen molar-refractivity contribution in [1.29, 1.82) is 0 Å². The van der Waals surface area contributed by atoms with Crippen molar-refractivity contribution in [3.63, 3.8) is 0 Å². The number of phenols is 1. The van der Waals surface area contributed by atoms with Gasteiger partial charge in [-0.25, -0.2) is 0 Å². The van der Waals surface area contributed by atoms with Gasteiger partial charge in [-0.15, -0.1) is 0 Å². The van der Waals surface area contributed by atoms with Crippen LogP contribution in [0.5, 0.6) is 5.75 Å². The van der Waals surface area contributed by atoms with Gasteiger partial charge in [0.15, 0.2) is 0 Å². The first-order valence-corrected chi connectivity index (χ1v) is 5.30. The Bertz CT molecular complexity index is 289. The van der Waals surface area contributed by atoms with Gasteiger partial charge in [-0.2, -0.15) is 0 Å². The van der Waals surface area contributed by atoms with E-state index in [1.807, 2.05) is 12.1 Å². The Morgan fingerprint density at radius 1 is 1.36 bits per heavy atom. The van der Waals surface area contributed by atoms with E-state index in [2.05, 4.69) is 12.2 Å². The Kier molecular flexibility index (Phi) is 4.77. The highest BCUT2D eigenvalue weighted by Crippen LogP contribution is 2.23. The third-order valence-corrected chi connectivity index (χ3v) is 2.33. The number of phenolic OH excluding ortho intramolecular Hbond substituents is 1. The van der Waals surface area contributed by atoms with Crippen LogP contribution in [-0.4, -0.2) is 18.2 Å². The number of halogens is 1. The highest BCUT2D eigenvalue weighted by molar-refractivity contribution is 6.32. The van der Waals surface area contributed by atoms with E-state index in [0.717, 1.165) is 31.5 Å². The minimum atomic E-state index is 0.150. The predicted molar refractivity (Wildman–Crippen MR) is 60.0 cm³/mol. The van der Waals surface area contributed by atoms with Crippen LogP contribution in [0.25, 0.3) is 0 Å². The van der Waals surface area contributed by atoms with Gasteiger partial charge >= 0.3 is 0 Å². The molecule has 0 atom stereocenters. The Morgan fingerprint density at radius 3 is 2.79 bits per heavy atom. The summed E-state index contributed by atoms with van der Waals surface area (Å²) < 4.78 is 0. The molecule has 0 amide bonds. The summed E-state index contributed by atoms with van der Waals surface area (Å²) in [4.78, 5) is 0. The summed E-state index contributed by atoms with van der Waals surface area (Å²) in [5.74, 6) is 0.150. The summed E-state index contributed by atoms with van der Waals surface area (Å²) in [5, 5.41) is 12.9. The zero-order valence-corrected chi connectivity index (χ0v) is 9.14. The molecule has 0 saturated heterocycles. The molecule has 3 heteroatoms. The van der Waals surface area contributed by atoms with Gasteiger partial charge in [0.25, 0.3) is 0 Å². The third kappa shape index (κ3) is 3.56. The largest absolute Gasteiger partial charge is 0.506 e. The van der Waals surface area contributed by atoms with E-state index in [4.69, 9.17) is 11.6 Å². The Labute approximate surface area is 89.9 Å². The van der Waals surface area contributed by atoms with Crippen molar-refractivity contribution in [2.45, 2.75) is 19.8 Å². The normalized spacial score (nSPS) is 10.4. The number of hydrogen-bond donors (Lipinski definition) is 2. The number of rotatable bonds is 5. The molecule has 2 N–H and O–H groups in total. The van der Waals surface area contributed by atoms with Crippen molar-refractivity contribution in [2.24, 2.45) is 0 Å². The van der Waals surface area contributed by atoms with Gasteiger partial charge in [-0.3, -0.25) is 0 Å². The molecule has 1 aromatic carbocycles. The van der Waals surface area contributed by atoms with Crippen LogP contribution in [0, 0.1) is 0 Å². The summed E-state index contributed by atoms with van der Waals surface area (Å²) in [6, 6.07) is 5.34. The predicted octanol–water partition coefficient (Wildman–Crippen LogP) is 2.59. The molecule has 0 radical (unpaired) electrons. The Balaban J connectivity index is 2.39. The Hall–Kier alpha value is -0.730. The summed E-state index contributed by atoms with van der Waals surface area (Å²) in [7, 11) is 0. The lowest BCUT2D eigenvalue weighted by Gasteiger charge is -2.04. The molecule has 14 heavy (non-hydrogen) atoms. The quantitative estimate of drug-likeness (QED) is 0.737.